The van der Waals surface area contributed by atoms with Crippen LogP contribution in [0.1, 0.15) is 76.2 Å². The Bertz CT molecular complexity index is 557. The SMILES string of the molecule is C[Si]CCCC1CCC(C2CCC(CCc3ccc(F)c(F)c3)CC2)CC1. The van der Waals surface area contributed by atoms with Crippen molar-refractivity contribution < 1.29 is 8.78 Å². The molecule has 1 aromatic carbocycles. The summed E-state index contributed by atoms with van der Waals surface area (Å²) in [6.45, 7) is 2.32. The van der Waals surface area contributed by atoms with E-state index in [1.807, 2.05) is 0 Å². The second kappa shape index (κ2) is 10.7. The van der Waals surface area contributed by atoms with Crippen molar-refractivity contribution in [2.45, 2.75) is 89.6 Å². The van der Waals surface area contributed by atoms with E-state index in [-0.39, 0.29) is 0 Å². The molecule has 3 heteroatoms. The van der Waals surface area contributed by atoms with Gasteiger partial charge in [-0.3, -0.25) is 0 Å². The van der Waals surface area contributed by atoms with Crippen LogP contribution in [0.3, 0.4) is 0 Å². The summed E-state index contributed by atoms with van der Waals surface area (Å²) in [5.74, 6) is 2.30. The van der Waals surface area contributed by atoms with E-state index in [0.29, 0.717) is 0 Å². The number of hydrogen-bond acceptors (Lipinski definition) is 0. The molecule has 2 radical (unpaired) electrons. The van der Waals surface area contributed by atoms with Crippen LogP contribution in [0.2, 0.25) is 12.6 Å². The highest BCUT2D eigenvalue weighted by Gasteiger charge is 2.30. The third-order valence-corrected chi connectivity index (χ3v) is 8.17. The maximum atomic E-state index is 13.3. The van der Waals surface area contributed by atoms with Gasteiger partial charge in [-0.25, -0.2) is 8.78 Å². The van der Waals surface area contributed by atoms with Crippen molar-refractivity contribution in [3.63, 3.8) is 0 Å². The van der Waals surface area contributed by atoms with Crippen LogP contribution in [0.5, 0.6) is 0 Å². The number of hydrogen-bond donors (Lipinski definition) is 0. The molecule has 0 saturated heterocycles. The summed E-state index contributed by atoms with van der Waals surface area (Å²) in [5, 5.41) is 0. The highest BCUT2D eigenvalue weighted by molar-refractivity contribution is 6.33. The summed E-state index contributed by atoms with van der Waals surface area (Å²) in [5.41, 5.74) is 0.943. The van der Waals surface area contributed by atoms with Gasteiger partial charge in [-0.15, -0.1) is 0 Å². The maximum Gasteiger partial charge on any atom is 0.159 e. The standard InChI is InChI=1S/C24H36F2Si/c1-27-16-2-3-18-6-11-21(12-7-18)22-13-8-19(9-14-22)4-5-20-10-15-23(25)24(26)17-20/h10,15,17-19,21-22H,2-9,11-14,16H2,1H3. The first-order valence-electron chi connectivity index (χ1n) is 11.2. The van der Waals surface area contributed by atoms with Crippen LogP contribution in [0.15, 0.2) is 18.2 Å². The topological polar surface area (TPSA) is 0 Å². The predicted octanol–water partition coefficient (Wildman–Crippen LogP) is 7.46. The molecule has 0 bridgehead atoms. The van der Waals surface area contributed by atoms with E-state index in [1.165, 1.54) is 82.4 Å². The van der Waals surface area contributed by atoms with Crippen molar-refractivity contribution >= 4 is 9.52 Å². The summed E-state index contributed by atoms with van der Waals surface area (Å²) in [6, 6.07) is 5.82. The Labute approximate surface area is 167 Å². The fourth-order valence-electron chi connectivity index (χ4n) is 5.53. The first-order chi connectivity index (χ1) is 13.2. The Morgan fingerprint density at radius 3 is 1.96 bits per heavy atom. The lowest BCUT2D eigenvalue weighted by molar-refractivity contribution is 0.141. The van der Waals surface area contributed by atoms with Crippen LogP contribution in [-0.2, 0) is 6.42 Å². The van der Waals surface area contributed by atoms with Gasteiger partial charge in [-0.2, -0.15) is 0 Å². The lowest BCUT2D eigenvalue weighted by Crippen LogP contribution is -2.26. The van der Waals surface area contributed by atoms with Crippen LogP contribution in [0.25, 0.3) is 0 Å². The lowest BCUT2D eigenvalue weighted by atomic mass is 9.68. The van der Waals surface area contributed by atoms with Crippen LogP contribution >= 0.6 is 0 Å². The summed E-state index contributed by atoms with van der Waals surface area (Å²) in [7, 11) is 1.13. The highest BCUT2D eigenvalue weighted by atomic mass is 28.2. The molecule has 2 aliphatic carbocycles. The zero-order chi connectivity index (χ0) is 19.1. The Balaban J connectivity index is 1.34. The third kappa shape index (κ3) is 6.41. The Morgan fingerprint density at radius 2 is 1.41 bits per heavy atom. The van der Waals surface area contributed by atoms with Gasteiger partial charge in [0.25, 0.3) is 0 Å². The van der Waals surface area contributed by atoms with Gasteiger partial charge in [-0.1, -0.05) is 57.2 Å². The first kappa shape index (κ1) is 21.0. The summed E-state index contributed by atoms with van der Waals surface area (Å²) in [4.78, 5) is 0. The molecular weight excluding hydrogens is 354 g/mol. The van der Waals surface area contributed by atoms with Gasteiger partial charge in [-0.05, 0) is 79.9 Å². The summed E-state index contributed by atoms with van der Waals surface area (Å²) in [6.07, 6.45) is 16.3. The summed E-state index contributed by atoms with van der Waals surface area (Å²) >= 11 is 0. The van der Waals surface area contributed by atoms with Crippen LogP contribution in [-0.4, -0.2) is 9.52 Å². The highest BCUT2D eigenvalue weighted by Crippen LogP contribution is 2.43. The van der Waals surface area contributed by atoms with E-state index in [9.17, 15) is 8.78 Å². The minimum atomic E-state index is -0.736. The second-order valence-electron chi connectivity index (χ2n) is 9.09. The molecule has 0 aromatic heterocycles. The Hall–Kier alpha value is -0.703. The minimum absolute atomic E-state index is 0.707. The Morgan fingerprint density at radius 1 is 0.815 bits per heavy atom. The summed E-state index contributed by atoms with van der Waals surface area (Å²) < 4.78 is 26.4. The van der Waals surface area contributed by atoms with Crippen molar-refractivity contribution in [3.05, 3.63) is 35.4 Å². The maximum absolute atomic E-state index is 13.3. The monoisotopic (exact) mass is 390 g/mol. The van der Waals surface area contributed by atoms with Crippen molar-refractivity contribution in [2.24, 2.45) is 23.7 Å². The molecule has 0 N–H and O–H groups in total. The molecule has 27 heavy (non-hydrogen) atoms. The van der Waals surface area contributed by atoms with Gasteiger partial charge >= 0.3 is 0 Å². The van der Waals surface area contributed by atoms with Crippen molar-refractivity contribution in [1.29, 1.82) is 0 Å². The zero-order valence-corrected chi connectivity index (χ0v) is 18.0. The van der Waals surface area contributed by atoms with Gasteiger partial charge in [0.15, 0.2) is 11.6 Å². The van der Waals surface area contributed by atoms with Crippen molar-refractivity contribution in [3.8, 4) is 0 Å². The predicted molar refractivity (Wildman–Crippen MR) is 111 cm³/mol. The molecular formula is C24H36F2Si. The van der Waals surface area contributed by atoms with Crippen molar-refractivity contribution in [1.82, 2.24) is 0 Å². The van der Waals surface area contributed by atoms with E-state index >= 15 is 0 Å². The van der Waals surface area contributed by atoms with E-state index in [2.05, 4.69) is 6.55 Å². The molecule has 150 valence electrons. The molecule has 0 nitrogen and oxygen atoms in total. The fourth-order valence-corrected chi connectivity index (χ4v) is 6.09. The molecule has 2 aliphatic rings. The Kier molecular flexibility index (Phi) is 8.36. The van der Waals surface area contributed by atoms with E-state index in [1.54, 1.807) is 6.07 Å². The largest absolute Gasteiger partial charge is 0.204 e. The first-order valence-corrected chi connectivity index (χ1v) is 12.9. The van der Waals surface area contributed by atoms with Gasteiger partial charge in [0.1, 0.15) is 0 Å². The molecule has 2 fully saturated rings. The molecule has 0 unspecified atom stereocenters. The third-order valence-electron chi connectivity index (χ3n) is 7.31. The molecule has 0 heterocycles. The quantitative estimate of drug-likeness (QED) is 0.319. The van der Waals surface area contributed by atoms with Gasteiger partial charge in [0, 0.05) is 9.52 Å². The molecule has 0 aliphatic heterocycles. The van der Waals surface area contributed by atoms with Gasteiger partial charge in [0.05, 0.1) is 0 Å². The lowest BCUT2D eigenvalue weighted by Gasteiger charge is -2.38. The van der Waals surface area contributed by atoms with Gasteiger partial charge < -0.3 is 0 Å². The van der Waals surface area contributed by atoms with E-state index < -0.39 is 11.6 Å². The van der Waals surface area contributed by atoms with Crippen LogP contribution in [0, 0.1) is 35.3 Å². The molecule has 0 spiro atoms. The van der Waals surface area contributed by atoms with Gasteiger partial charge in [0.2, 0.25) is 0 Å². The van der Waals surface area contributed by atoms with Crippen LogP contribution < -0.4 is 0 Å². The average molecular weight is 391 g/mol. The number of halogens is 2. The minimum Gasteiger partial charge on any atom is -0.204 e. The molecule has 3 rings (SSSR count). The average Bonchev–Trinajstić information content (AvgIpc) is 2.70. The molecule has 0 atom stereocenters. The number of benzene rings is 1. The number of aryl methyl sites for hydroxylation is 1. The normalized spacial score (nSPS) is 29.0. The molecule has 1 aromatic rings. The molecule has 2 saturated carbocycles. The smallest absolute Gasteiger partial charge is 0.159 e. The van der Waals surface area contributed by atoms with E-state index in [0.717, 1.165) is 51.6 Å². The number of rotatable bonds is 8. The zero-order valence-electron chi connectivity index (χ0n) is 17.0. The van der Waals surface area contributed by atoms with Crippen molar-refractivity contribution in [2.75, 3.05) is 0 Å². The fraction of sp³-hybridized carbons (Fsp3) is 0.750. The second-order valence-corrected chi connectivity index (χ2v) is 10.3. The van der Waals surface area contributed by atoms with Crippen LogP contribution in [0.4, 0.5) is 8.78 Å². The van der Waals surface area contributed by atoms with E-state index in [4.69, 9.17) is 0 Å². The molecule has 0 amide bonds.